The minimum atomic E-state index is -0.666. The zero-order valence-corrected chi connectivity index (χ0v) is 15.1. The second-order valence-electron chi connectivity index (χ2n) is 5.83. The summed E-state index contributed by atoms with van der Waals surface area (Å²) in [5.74, 6) is 0.299. The minimum Gasteiger partial charge on any atom is -0.481 e. The van der Waals surface area contributed by atoms with Crippen LogP contribution in [0.15, 0.2) is 28.7 Å². The number of carbonyl (C=O) groups is 2. The van der Waals surface area contributed by atoms with Crippen molar-refractivity contribution in [2.45, 2.75) is 45.3 Å². The van der Waals surface area contributed by atoms with Crippen LogP contribution in [0, 0.1) is 0 Å². The molecule has 1 N–H and O–H groups in total. The fourth-order valence-electron chi connectivity index (χ4n) is 2.58. The summed E-state index contributed by atoms with van der Waals surface area (Å²) in [6.45, 7) is 4.96. The predicted molar refractivity (Wildman–Crippen MR) is 92.3 cm³/mol. The molecule has 1 saturated heterocycles. The monoisotopic (exact) mass is 382 g/mol. The summed E-state index contributed by atoms with van der Waals surface area (Å²) in [5, 5.41) is 2.74. The summed E-state index contributed by atoms with van der Waals surface area (Å²) in [7, 11) is 0. The molecule has 23 heavy (non-hydrogen) atoms. The van der Waals surface area contributed by atoms with Gasteiger partial charge in [-0.1, -0.05) is 22.0 Å². The second-order valence-corrected chi connectivity index (χ2v) is 6.75. The first-order valence-electron chi connectivity index (χ1n) is 7.99. The van der Waals surface area contributed by atoms with E-state index >= 15 is 0 Å². The quantitative estimate of drug-likeness (QED) is 0.851. The summed E-state index contributed by atoms with van der Waals surface area (Å²) in [6, 6.07) is 6.78. The molecular weight excluding hydrogens is 360 g/mol. The highest BCUT2D eigenvalue weighted by Crippen LogP contribution is 2.19. The first kappa shape index (κ1) is 17.8. The zero-order valence-electron chi connectivity index (χ0n) is 13.5. The van der Waals surface area contributed by atoms with E-state index in [9.17, 15) is 9.59 Å². The lowest BCUT2D eigenvalue weighted by molar-refractivity contribution is -0.138. The number of halogens is 1. The van der Waals surface area contributed by atoms with Crippen molar-refractivity contribution in [3.8, 4) is 5.75 Å². The smallest absolute Gasteiger partial charge is 0.261 e. The largest absolute Gasteiger partial charge is 0.481 e. The van der Waals surface area contributed by atoms with E-state index in [0.29, 0.717) is 5.75 Å². The van der Waals surface area contributed by atoms with Crippen LogP contribution in [0.3, 0.4) is 0 Å². The molecule has 126 valence electrons. The van der Waals surface area contributed by atoms with Gasteiger partial charge < -0.3 is 15.0 Å². The molecule has 2 atom stereocenters. The van der Waals surface area contributed by atoms with E-state index in [-0.39, 0.29) is 11.8 Å². The Balaban J connectivity index is 1.85. The number of ether oxygens (including phenoxy) is 1. The number of nitrogens with one attached hydrogen (secondary N) is 1. The molecule has 6 heteroatoms. The van der Waals surface area contributed by atoms with Crippen LogP contribution in [0.4, 0.5) is 0 Å². The van der Waals surface area contributed by atoms with E-state index in [2.05, 4.69) is 21.2 Å². The number of nitrogens with zero attached hydrogens (tertiary/aromatic N) is 1. The Morgan fingerprint density at radius 1 is 1.22 bits per heavy atom. The Kier molecular flexibility index (Phi) is 6.45. The van der Waals surface area contributed by atoms with E-state index < -0.39 is 12.1 Å². The van der Waals surface area contributed by atoms with Crippen molar-refractivity contribution >= 4 is 27.7 Å². The lowest BCUT2D eigenvalue weighted by atomic mass is 10.1. The van der Waals surface area contributed by atoms with Crippen LogP contribution < -0.4 is 10.1 Å². The van der Waals surface area contributed by atoms with E-state index in [1.807, 2.05) is 17.0 Å². The first-order valence-corrected chi connectivity index (χ1v) is 8.78. The van der Waals surface area contributed by atoms with Gasteiger partial charge in [-0.15, -0.1) is 0 Å². The van der Waals surface area contributed by atoms with Crippen molar-refractivity contribution in [2.24, 2.45) is 0 Å². The molecular formula is C17H23BrN2O3. The van der Waals surface area contributed by atoms with Crippen LogP contribution >= 0.6 is 15.9 Å². The van der Waals surface area contributed by atoms with Gasteiger partial charge in [0.25, 0.3) is 5.91 Å². The normalized spacial score (nSPS) is 17.3. The first-order chi connectivity index (χ1) is 11.0. The van der Waals surface area contributed by atoms with Gasteiger partial charge in [0.1, 0.15) is 11.8 Å². The van der Waals surface area contributed by atoms with Gasteiger partial charge in [-0.05, 0) is 51.3 Å². The fraction of sp³-hybridized carbons (Fsp3) is 0.529. The highest BCUT2D eigenvalue weighted by Gasteiger charge is 2.25. The molecule has 0 aromatic heterocycles. The molecule has 1 aromatic rings. The van der Waals surface area contributed by atoms with Gasteiger partial charge in [0.2, 0.25) is 5.91 Å². The molecule has 1 aliphatic heterocycles. The third-order valence-electron chi connectivity index (χ3n) is 3.88. The summed E-state index contributed by atoms with van der Waals surface area (Å²) < 4.78 is 6.50. The Morgan fingerprint density at radius 2 is 1.91 bits per heavy atom. The van der Waals surface area contributed by atoms with Crippen molar-refractivity contribution in [1.82, 2.24) is 10.2 Å². The zero-order chi connectivity index (χ0) is 16.8. The van der Waals surface area contributed by atoms with Gasteiger partial charge >= 0.3 is 0 Å². The van der Waals surface area contributed by atoms with Gasteiger partial charge in [-0.3, -0.25) is 9.59 Å². The molecule has 1 fully saturated rings. The number of hydrogen-bond acceptors (Lipinski definition) is 3. The lowest BCUT2D eigenvalue weighted by Gasteiger charge is -2.29. The van der Waals surface area contributed by atoms with Gasteiger partial charge in [-0.25, -0.2) is 0 Å². The Morgan fingerprint density at radius 3 is 2.57 bits per heavy atom. The molecule has 5 nitrogen and oxygen atoms in total. The van der Waals surface area contributed by atoms with Gasteiger partial charge in [0.05, 0.1) is 0 Å². The summed E-state index contributed by atoms with van der Waals surface area (Å²) in [6.07, 6.45) is 2.58. The predicted octanol–water partition coefficient (Wildman–Crippen LogP) is 2.73. The van der Waals surface area contributed by atoms with Crippen LogP contribution in [0.5, 0.6) is 5.75 Å². The third-order valence-corrected chi connectivity index (χ3v) is 4.37. The van der Waals surface area contributed by atoms with E-state index in [4.69, 9.17) is 4.74 Å². The van der Waals surface area contributed by atoms with Gasteiger partial charge in [-0.2, -0.15) is 0 Å². The lowest BCUT2D eigenvalue weighted by Crippen LogP contribution is -2.51. The molecule has 2 rings (SSSR count). The Bertz CT molecular complexity index is 559. The third kappa shape index (κ3) is 5.23. The van der Waals surface area contributed by atoms with E-state index in [0.717, 1.165) is 30.4 Å². The molecule has 1 aromatic carbocycles. The molecule has 1 aliphatic rings. The minimum absolute atomic E-state index is 0.0206. The Hall–Kier alpha value is -1.56. The molecule has 0 radical (unpaired) electrons. The van der Waals surface area contributed by atoms with Crippen LogP contribution in [-0.2, 0) is 9.59 Å². The summed E-state index contributed by atoms with van der Waals surface area (Å²) >= 11 is 3.36. The summed E-state index contributed by atoms with van der Waals surface area (Å²) in [5.41, 5.74) is 0. The highest BCUT2D eigenvalue weighted by atomic mass is 79.9. The highest BCUT2D eigenvalue weighted by molar-refractivity contribution is 9.10. The van der Waals surface area contributed by atoms with E-state index in [1.54, 1.807) is 26.0 Å². The topological polar surface area (TPSA) is 58.6 Å². The molecule has 0 saturated carbocycles. The fourth-order valence-corrected chi connectivity index (χ4v) is 2.96. The molecule has 0 aliphatic carbocycles. The standard InChI is InChI=1S/C17H23BrN2O3/c1-12(17(22)20-9-4-3-5-10-20)19-16(21)13(2)23-15-8-6-7-14(18)11-15/h6-8,11-13H,3-5,9-10H2,1-2H3,(H,19,21). The van der Waals surface area contributed by atoms with Gasteiger partial charge in [0, 0.05) is 17.6 Å². The number of carbonyl (C=O) groups excluding carboxylic acids is 2. The van der Waals surface area contributed by atoms with Crippen molar-refractivity contribution in [1.29, 1.82) is 0 Å². The van der Waals surface area contributed by atoms with Crippen molar-refractivity contribution in [3.05, 3.63) is 28.7 Å². The number of benzene rings is 1. The van der Waals surface area contributed by atoms with Crippen molar-refractivity contribution in [2.75, 3.05) is 13.1 Å². The van der Waals surface area contributed by atoms with Crippen LogP contribution in [0.25, 0.3) is 0 Å². The number of hydrogen-bond donors (Lipinski definition) is 1. The molecule has 0 bridgehead atoms. The van der Waals surface area contributed by atoms with Crippen LogP contribution in [0.1, 0.15) is 33.1 Å². The molecule has 1 heterocycles. The maximum absolute atomic E-state index is 12.3. The number of likely N-dealkylation sites (tertiary alicyclic amines) is 1. The number of rotatable bonds is 5. The maximum Gasteiger partial charge on any atom is 0.261 e. The average molecular weight is 383 g/mol. The SMILES string of the molecule is CC(NC(=O)C(C)Oc1cccc(Br)c1)C(=O)N1CCCCC1. The molecule has 2 unspecified atom stereocenters. The molecule has 2 amide bonds. The molecule has 0 spiro atoms. The van der Waals surface area contributed by atoms with Crippen LogP contribution in [-0.4, -0.2) is 41.9 Å². The van der Waals surface area contributed by atoms with Gasteiger partial charge in [0.15, 0.2) is 6.10 Å². The average Bonchev–Trinajstić information content (AvgIpc) is 2.54. The Labute approximate surface area is 145 Å². The second kappa shape index (κ2) is 8.34. The van der Waals surface area contributed by atoms with E-state index in [1.165, 1.54) is 6.42 Å². The van der Waals surface area contributed by atoms with Crippen LogP contribution in [0.2, 0.25) is 0 Å². The maximum atomic E-state index is 12.3. The number of amides is 2. The summed E-state index contributed by atoms with van der Waals surface area (Å²) in [4.78, 5) is 26.4. The van der Waals surface area contributed by atoms with Crippen molar-refractivity contribution in [3.63, 3.8) is 0 Å². The number of piperidine rings is 1. The van der Waals surface area contributed by atoms with Crippen molar-refractivity contribution < 1.29 is 14.3 Å².